The van der Waals surface area contributed by atoms with Crippen molar-refractivity contribution in [3.63, 3.8) is 0 Å². The van der Waals surface area contributed by atoms with Crippen LogP contribution in [0.15, 0.2) is 39.9 Å². The van der Waals surface area contributed by atoms with Crippen LogP contribution in [0.3, 0.4) is 0 Å². The van der Waals surface area contributed by atoms with Crippen LogP contribution in [0.4, 0.5) is 0 Å². The van der Waals surface area contributed by atoms with Gasteiger partial charge in [-0.2, -0.15) is 10.1 Å². The number of hydrogen-bond acceptors (Lipinski definition) is 4. The molecule has 0 saturated carbocycles. The van der Waals surface area contributed by atoms with Gasteiger partial charge >= 0.3 is 0 Å². The number of aromatic nitrogens is 3. The molecule has 0 fully saturated rings. The molecule has 0 atom stereocenters. The number of fused-ring (bicyclic) bond motifs is 1. The van der Waals surface area contributed by atoms with Gasteiger partial charge in [-0.15, -0.1) is 0 Å². The Morgan fingerprint density at radius 1 is 1.38 bits per heavy atom. The molecule has 0 N–H and O–H groups in total. The molecule has 0 aliphatic rings. The molecule has 8 heteroatoms. The Kier molecular flexibility index (Phi) is 6.05. The van der Waals surface area contributed by atoms with Gasteiger partial charge in [0.25, 0.3) is 5.91 Å². The third-order valence-electron chi connectivity index (χ3n) is 3.88. The number of rotatable bonds is 6. The molecule has 0 spiro atoms. The maximum Gasteiger partial charge on any atom is 0.297 e. The Labute approximate surface area is 164 Å². The fourth-order valence-electron chi connectivity index (χ4n) is 2.69. The molecule has 0 unspecified atom stereocenters. The second-order valence-corrected chi connectivity index (χ2v) is 7.94. The standard InChI is InChI=1S/C18H21BrN4O2S/c1-4-25-10-9-22-14-6-5-13(19)11-16(14)26-18(22)21-17(24)15-7-8-20-23(15)12(2)3/h5-8,11-12H,4,9-10H2,1-3H3. The van der Waals surface area contributed by atoms with Crippen molar-refractivity contribution in [1.82, 2.24) is 14.3 Å². The van der Waals surface area contributed by atoms with Crippen LogP contribution in [0, 0.1) is 0 Å². The van der Waals surface area contributed by atoms with Gasteiger partial charge in [-0.3, -0.25) is 9.48 Å². The highest BCUT2D eigenvalue weighted by atomic mass is 79.9. The molecule has 3 rings (SSSR count). The van der Waals surface area contributed by atoms with Crippen molar-refractivity contribution in [3.8, 4) is 0 Å². The molecule has 0 aliphatic heterocycles. The van der Waals surface area contributed by atoms with Crippen LogP contribution in [0.5, 0.6) is 0 Å². The van der Waals surface area contributed by atoms with Gasteiger partial charge in [-0.05, 0) is 45.0 Å². The summed E-state index contributed by atoms with van der Waals surface area (Å²) in [6.45, 7) is 7.82. The van der Waals surface area contributed by atoms with E-state index >= 15 is 0 Å². The van der Waals surface area contributed by atoms with E-state index in [2.05, 4.69) is 26.0 Å². The zero-order valence-corrected chi connectivity index (χ0v) is 17.4. The van der Waals surface area contributed by atoms with Crippen molar-refractivity contribution in [2.75, 3.05) is 13.2 Å². The topological polar surface area (TPSA) is 61.4 Å². The molecule has 2 heterocycles. The van der Waals surface area contributed by atoms with E-state index in [1.807, 2.05) is 43.5 Å². The smallest absolute Gasteiger partial charge is 0.297 e. The summed E-state index contributed by atoms with van der Waals surface area (Å²) in [6.07, 6.45) is 1.63. The number of hydrogen-bond donors (Lipinski definition) is 0. The maximum absolute atomic E-state index is 12.8. The Morgan fingerprint density at radius 2 is 2.19 bits per heavy atom. The molecule has 3 aromatic rings. The highest BCUT2D eigenvalue weighted by Gasteiger charge is 2.15. The van der Waals surface area contributed by atoms with Crippen LogP contribution in [0.25, 0.3) is 10.2 Å². The van der Waals surface area contributed by atoms with Crippen LogP contribution < -0.4 is 4.80 Å². The van der Waals surface area contributed by atoms with Crippen LogP contribution in [-0.4, -0.2) is 33.5 Å². The van der Waals surface area contributed by atoms with Gasteiger partial charge in [0, 0.05) is 29.9 Å². The molecule has 26 heavy (non-hydrogen) atoms. The van der Waals surface area contributed by atoms with E-state index < -0.39 is 0 Å². The number of carbonyl (C=O) groups excluding carboxylic acids is 1. The normalized spacial score (nSPS) is 12.4. The lowest BCUT2D eigenvalue weighted by molar-refractivity contribution is 0.0984. The van der Waals surface area contributed by atoms with Crippen molar-refractivity contribution in [1.29, 1.82) is 0 Å². The molecule has 0 saturated heterocycles. The largest absolute Gasteiger partial charge is 0.380 e. The van der Waals surface area contributed by atoms with Crippen molar-refractivity contribution >= 4 is 43.4 Å². The first-order chi connectivity index (χ1) is 12.5. The van der Waals surface area contributed by atoms with Crippen molar-refractivity contribution < 1.29 is 9.53 Å². The summed E-state index contributed by atoms with van der Waals surface area (Å²) in [7, 11) is 0. The van der Waals surface area contributed by atoms with Gasteiger partial charge in [-0.1, -0.05) is 27.3 Å². The fourth-order valence-corrected chi connectivity index (χ4v) is 4.29. The Hall–Kier alpha value is -1.77. The number of thiazole rings is 1. The summed E-state index contributed by atoms with van der Waals surface area (Å²) in [5, 5.41) is 4.22. The molecule has 0 bridgehead atoms. The lowest BCUT2D eigenvalue weighted by Crippen LogP contribution is -2.21. The second kappa shape index (κ2) is 8.28. The third kappa shape index (κ3) is 3.97. The molecule has 6 nitrogen and oxygen atoms in total. The molecule has 0 aliphatic carbocycles. The maximum atomic E-state index is 12.8. The molecule has 2 aromatic heterocycles. The van der Waals surface area contributed by atoms with Gasteiger partial charge in [0.2, 0.25) is 0 Å². The van der Waals surface area contributed by atoms with E-state index in [1.165, 1.54) is 11.3 Å². The summed E-state index contributed by atoms with van der Waals surface area (Å²) < 4.78 is 11.3. The number of ether oxygens (including phenoxy) is 1. The molecular weight excluding hydrogens is 416 g/mol. The van der Waals surface area contributed by atoms with Gasteiger partial charge < -0.3 is 9.30 Å². The first-order valence-corrected chi connectivity index (χ1v) is 10.1. The summed E-state index contributed by atoms with van der Waals surface area (Å²) in [4.78, 5) is 17.8. The molecule has 1 aromatic carbocycles. The fraction of sp³-hybridized carbons (Fsp3) is 0.389. The SMILES string of the molecule is CCOCCn1c(=NC(=O)c2ccnn2C(C)C)sc2cc(Br)ccc21. The van der Waals surface area contributed by atoms with E-state index in [4.69, 9.17) is 4.74 Å². The van der Waals surface area contributed by atoms with Crippen LogP contribution in [0.2, 0.25) is 0 Å². The zero-order valence-electron chi connectivity index (χ0n) is 15.0. The number of halogens is 1. The van der Waals surface area contributed by atoms with E-state index in [-0.39, 0.29) is 11.9 Å². The second-order valence-electron chi connectivity index (χ2n) is 6.02. The van der Waals surface area contributed by atoms with E-state index in [0.717, 1.165) is 14.7 Å². The monoisotopic (exact) mass is 436 g/mol. The van der Waals surface area contributed by atoms with Gasteiger partial charge in [0.15, 0.2) is 4.80 Å². The van der Waals surface area contributed by atoms with Crippen molar-refractivity contribution in [2.24, 2.45) is 4.99 Å². The minimum Gasteiger partial charge on any atom is -0.380 e. The zero-order chi connectivity index (χ0) is 18.7. The summed E-state index contributed by atoms with van der Waals surface area (Å²) in [6, 6.07) is 7.87. The third-order valence-corrected chi connectivity index (χ3v) is 5.42. The minimum absolute atomic E-state index is 0.0996. The van der Waals surface area contributed by atoms with E-state index in [9.17, 15) is 4.79 Å². The minimum atomic E-state index is -0.285. The van der Waals surface area contributed by atoms with Gasteiger partial charge in [0.05, 0.1) is 16.8 Å². The molecule has 138 valence electrons. The lowest BCUT2D eigenvalue weighted by Gasteiger charge is -2.08. The Bertz CT molecular complexity index is 987. The first-order valence-electron chi connectivity index (χ1n) is 8.50. The Morgan fingerprint density at radius 3 is 2.92 bits per heavy atom. The predicted molar refractivity (Wildman–Crippen MR) is 107 cm³/mol. The quantitative estimate of drug-likeness (QED) is 0.548. The van der Waals surface area contributed by atoms with Crippen molar-refractivity contribution in [2.45, 2.75) is 33.4 Å². The molecule has 1 amide bonds. The molecular formula is C18H21BrN4O2S. The summed E-state index contributed by atoms with van der Waals surface area (Å²) >= 11 is 5.00. The number of nitrogens with zero attached hydrogens (tertiary/aromatic N) is 4. The number of benzene rings is 1. The Balaban J connectivity index is 2.07. The van der Waals surface area contributed by atoms with Crippen LogP contribution >= 0.6 is 27.3 Å². The lowest BCUT2D eigenvalue weighted by atomic mass is 10.3. The van der Waals surface area contributed by atoms with Crippen LogP contribution in [0.1, 0.15) is 37.3 Å². The number of amides is 1. The van der Waals surface area contributed by atoms with Gasteiger partial charge in [-0.25, -0.2) is 0 Å². The average molecular weight is 437 g/mol. The highest BCUT2D eigenvalue weighted by molar-refractivity contribution is 9.10. The van der Waals surface area contributed by atoms with Gasteiger partial charge in [0.1, 0.15) is 5.69 Å². The predicted octanol–water partition coefficient (Wildman–Crippen LogP) is 4.02. The van der Waals surface area contributed by atoms with E-state index in [1.54, 1.807) is 16.9 Å². The number of carbonyl (C=O) groups is 1. The van der Waals surface area contributed by atoms with Crippen LogP contribution in [-0.2, 0) is 11.3 Å². The highest BCUT2D eigenvalue weighted by Crippen LogP contribution is 2.22. The first kappa shape index (κ1) is 19.0. The summed E-state index contributed by atoms with van der Waals surface area (Å²) in [5.74, 6) is -0.285. The molecule has 0 radical (unpaired) electrons. The summed E-state index contributed by atoms with van der Waals surface area (Å²) in [5.41, 5.74) is 1.54. The van der Waals surface area contributed by atoms with Crippen molar-refractivity contribution in [3.05, 3.63) is 45.4 Å². The van der Waals surface area contributed by atoms with E-state index in [0.29, 0.717) is 30.3 Å². The average Bonchev–Trinajstić information content (AvgIpc) is 3.20.